The van der Waals surface area contributed by atoms with E-state index in [0.29, 0.717) is 11.0 Å². The maximum Gasteiger partial charge on any atom is 0.387 e. The van der Waals surface area contributed by atoms with E-state index in [1.807, 2.05) is 0 Å². The Morgan fingerprint density at radius 2 is 1.74 bits per heavy atom. The van der Waals surface area contributed by atoms with Crippen LogP contribution in [0.3, 0.4) is 0 Å². The number of nitro groups is 2. The van der Waals surface area contributed by atoms with E-state index < -0.39 is 70.1 Å². The Bertz CT molecular complexity index is 1220. The molecule has 178 valence electrons. The Labute approximate surface area is 187 Å². The van der Waals surface area contributed by atoms with Crippen molar-refractivity contribution >= 4 is 29.2 Å². The van der Waals surface area contributed by atoms with Crippen molar-refractivity contribution in [3.63, 3.8) is 0 Å². The second kappa shape index (κ2) is 9.43. The van der Waals surface area contributed by atoms with Crippen LogP contribution in [-0.2, 0) is 16.1 Å². The fraction of sp³-hybridized carbons (Fsp3) is 0.211. The highest BCUT2D eigenvalue weighted by molar-refractivity contribution is 6.24. The highest BCUT2D eigenvalue weighted by Gasteiger charge is 2.42. The van der Waals surface area contributed by atoms with E-state index in [9.17, 15) is 43.4 Å². The van der Waals surface area contributed by atoms with Crippen molar-refractivity contribution in [3.8, 4) is 11.5 Å². The number of carbonyl (C=O) groups is 3. The lowest BCUT2D eigenvalue weighted by atomic mass is 10.1. The van der Waals surface area contributed by atoms with E-state index in [-0.39, 0.29) is 16.9 Å². The molecule has 0 spiro atoms. The van der Waals surface area contributed by atoms with Crippen LogP contribution in [-0.4, -0.2) is 52.8 Å². The number of nitrogens with zero attached hydrogens (tertiary/aromatic N) is 3. The van der Waals surface area contributed by atoms with Gasteiger partial charge in [-0.25, -0.2) is 0 Å². The lowest BCUT2D eigenvalue weighted by Gasteiger charge is -2.14. The molecule has 0 bridgehead atoms. The minimum absolute atomic E-state index is 0.255. The Morgan fingerprint density at radius 3 is 2.32 bits per heavy atom. The topological polar surface area (TPSA) is 168 Å². The number of methoxy groups -OCH3 is 1. The molecule has 34 heavy (non-hydrogen) atoms. The molecule has 13 nitrogen and oxygen atoms in total. The van der Waals surface area contributed by atoms with Gasteiger partial charge in [0.25, 0.3) is 23.2 Å². The second-order valence-corrected chi connectivity index (χ2v) is 6.58. The summed E-state index contributed by atoms with van der Waals surface area (Å²) in [6, 6.07) is 5.04. The van der Waals surface area contributed by atoms with E-state index in [1.165, 1.54) is 12.1 Å². The summed E-state index contributed by atoms with van der Waals surface area (Å²) < 4.78 is 39.0. The summed E-state index contributed by atoms with van der Waals surface area (Å²) in [6.07, 6.45) is 0. The van der Waals surface area contributed by atoms with Crippen molar-refractivity contribution in [1.29, 1.82) is 0 Å². The first-order valence-corrected chi connectivity index (χ1v) is 9.14. The van der Waals surface area contributed by atoms with Crippen LogP contribution in [0.2, 0.25) is 0 Å². The maximum absolute atomic E-state index is 12.5. The molecule has 0 atom stereocenters. The monoisotopic (exact) mass is 481 g/mol. The number of esters is 1. The Kier molecular flexibility index (Phi) is 6.65. The number of halogens is 2. The molecule has 2 amide bonds. The van der Waals surface area contributed by atoms with Crippen LogP contribution in [0.5, 0.6) is 11.5 Å². The largest absolute Gasteiger partial charge is 0.493 e. The number of carbonyl (C=O) groups excluding carboxylic acids is 3. The summed E-state index contributed by atoms with van der Waals surface area (Å²) in [5, 5.41) is 22.4. The standard InChI is InChI=1S/C19H13F2N3O10/c1-32-13-5-9(12(24(30)31)6-14(13)34-19(20)21)8-33-15(25)7-22-17(26)10-3-2-4-11(23(28)29)16(10)18(22)27/h2-6,19H,7-8H2,1H3. The van der Waals surface area contributed by atoms with Gasteiger partial charge in [-0.1, -0.05) is 6.07 Å². The molecule has 0 saturated heterocycles. The van der Waals surface area contributed by atoms with Crippen LogP contribution in [0.25, 0.3) is 0 Å². The first-order valence-electron chi connectivity index (χ1n) is 9.14. The zero-order valence-corrected chi connectivity index (χ0v) is 17.1. The molecular weight excluding hydrogens is 468 g/mol. The van der Waals surface area contributed by atoms with Gasteiger partial charge in [0.15, 0.2) is 11.5 Å². The number of hydrogen-bond donors (Lipinski definition) is 0. The van der Waals surface area contributed by atoms with Gasteiger partial charge < -0.3 is 14.2 Å². The minimum Gasteiger partial charge on any atom is -0.493 e. The van der Waals surface area contributed by atoms with Gasteiger partial charge in [-0.15, -0.1) is 0 Å². The molecule has 0 aromatic heterocycles. The molecule has 1 aliphatic rings. The molecule has 0 N–H and O–H groups in total. The summed E-state index contributed by atoms with van der Waals surface area (Å²) >= 11 is 0. The third-order valence-electron chi connectivity index (χ3n) is 4.63. The van der Waals surface area contributed by atoms with E-state index in [2.05, 4.69) is 4.74 Å². The zero-order chi connectivity index (χ0) is 25.2. The summed E-state index contributed by atoms with van der Waals surface area (Å²) in [5.74, 6) is -4.12. The third-order valence-corrected chi connectivity index (χ3v) is 4.63. The SMILES string of the molecule is COc1cc(COC(=O)CN2C(=O)c3cccc([N+](=O)[O-])c3C2=O)c([N+](=O)[O-])cc1OC(F)F. The number of imide groups is 1. The Balaban J connectivity index is 1.77. The van der Waals surface area contributed by atoms with Gasteiger partial charge in [0, 0.05) is 6.07 Å². The molecule has 1 heterocycles. The average Bonchev–Trinajstić information content (AvgIpc) is 3.02. The number of ether oxygens (including phenoxy) is 3. The first kappa shape index (κ1) is 24.0. The number of alkyl halides is 2. The molecule has 1 aliphatic heterocycles. The number of nitro benzene ring substituents is 2. The van der Waals surface area contributed by atoms with Crippen molar-refractivity contribution in [2.24, 2.45) is 0 Å². The number of fused-ring (bicyclic) bond motifs is 1. The first-order chi connectivity index (χ1) is 16.0. The van der Waals surface area contributed by atoms with Gasteiger partial charge in [0.2, 0.25) is 0 Å². The average molecular weight is 481 g/mol. The molecule has 15 heteroatoms. The quantitative estimate of drug-likeness (QED) is 0.224. The molecule has 0 radical (unpaired) electrons. The van der Waals surface area contributed by atoms with Crippen LogP contribution in [0.4, 0.5) is 20.2 Å². The predicted octanol–water partition coefficient (Wildman–Crippen LogP) is 2.45. The molecule has 0 fully saturated rings. The van der Waals surface area contributed by atoms with Crippen LogP contribution in [0.15, 0.2) is 30.3 Å². The number of benzene rings is 2. The van der Waals surface area contributed by atoms with Crippen molar-refractivity contribution in [2.75, 3.05) is 13.7 Å². The molecular formula is C19H13F2N3O10. The molecule has 3 rings (SSSR count). The lowest BCUT2D eigenvalue weighted by Crippen LogP contribution is -2.35. The van der Waals surface area contributed by atoms with Crippen LogP contribution in [0, 0.1) is 20.2 Å². The van der Waals surface area contributed by atoms with Crippen molar-refractivity contribution < 1.29 is 47.2 Å². The van der Waals surface area contributed by atoms with Crippen LogP contribution < -0.4 is 9.47 Å². The normalized spacial score (nSPS) is 12.5. The van der Waals surface area contributed by atoms with Crippen molar-refractivity contribution in [2.45, 2.75) is 13.2 Å². The molecule has 0 aliphatic carbocycles. The van der Waals surface area contributed by atoms with Gasteiger partial charge in [0.1, 0.15) is 18.7 Å². The van der Waals surface area contributed by atoms with Crippen LogP contribution in [0.1, 0.15) is 26.3 Å². The predicted molar refractivity (Wildman–Crippen MR) is 105 cm³/mol. The van der Waals surface area contributed by atoms with E-state index in [1.54, 1.807) is 0 Å². The third kappa shape index (κ3) is 4.57. The van der Waals surface area contributed by atoms with Gasteiger partial charge in [-0.2, -0.15) is 8.78 Å². The van der Waals surface area contributed by atoms with Gasteiger partial charge in [0.05, 0.1) is 34.1 Å². The van der Waals surface area contributed by atoms with Gasteiger partial charge in [-0.05, 0) is 12.1 Å². The van der Waals surface area contributed by atoms with E-state index >= 15 is 0 Å². The van der Waals surface area contributed by atoms with Crippen LogP contribution >= 0.6 is 0 Å². The van der Waals surface area contributed by atoms with E-state index in [0.717, 1.165) is 19.2 Å². The number of amides is 2. The Hall–Kier alpha value is -4.69. The van der Waals surface area contributed by atoms with Crippen molar-refractivity contribution in [1.82, 2.24) is 4.90 Å². The molecule has 2 aromatic carbocycles. The summed E-state index contributed by atoms with van der Waals surface area (Å²) in [5.41, 5.74) is -2.32. The zero-order valence-electron chi connectivity index (χ0n) is 17.1. The highest BCUT2D eigenvalue weighted by Crippen LogP contribution is 2.36. The van der Waals surface area contributed by atoms with E-state index in [4.69, 9.17) is 9.47 Å². The lowest BCUT2D eigenvalue weighted by molar-refractivity contribution is -0.386. The fourth-order valence-electron chi connectivity index (χ4n) is 3.17. The molecule has 0 unspecified atom stereocenters. The fourth-order valence-corrected chi connectivity index (χ4v) is 3.17. The minimum atomic E-state index is -3.28. The molecule has 0 saturated carbocycles. The highest BCUT2D eigenvalue weighted by atomic mass is 19.3. The number of rotatable bonds is 9. The van der Waals surface area contributed by atoms with Crippen molar-refractivity contribution in [3.05, 3.63) is 67.3 Å². The number of hydrogen-bond acceptors (Lipinski definition) is 10. The van der Waals surface area contributed by atoms with Gasteiger partial charge >= 0.3 is 12.6 Å². The smallest absolute Gasteiger partial charge is 0.387 e. The molecule has 2 aromatic rings. The summed E-state index contributed by atoms with van der Waals surface area (Å²) in [4.78, 5) is 58.3. The second-order valence-electron chi connectivity index (χ2n) is 6.58. The summed E-state index contributed by atoms with van der Waals surface area (Å²) in [7, 11) is 1.09. The Morgan fingerprint density at radius 1 is 1.06 bits per heavy atom. The van der Waals surface area contributed by atoms with Gasteiger partial charge in [-0.3, -0.25) is 39.5 Å². The maximum atomic E-state index is 12.5. The summed E-state index contributed by atoms with van der Waals surface area (Å²) in [6.45, 7) is -4.96.